The normalized spacial score (nSPS) is 12.8. The van der Waals surface area contributed by atoms with Crippen molar-refractivity contribution >= 4 is 22.0 Å². The number of benzene rings is 1. The third-order valence-corrected chi connectivity index (χ3v) is 4.45. The largest absolute Gasteiger partial charge is 0.468 e. The lowest BCUT2D eigenvalue weighted by molar-refractivity contribution is -0.143. The molecule has 0 radical (unpaired) electrons. The van der Waals surface area contributed by atoms with Crippen LogP contribution in [0, 0.1) is 5.92 Å². The molecule has 0 bridgehead atoms. The maximum absolute atomic E-state index is 12.3. The van der Waals surface area contributed by atoms with E-state index in [0.717, 1.165) is 0 Å². The van der Waals surface area contributed by atoms with Crippen LogP contribution in [0.1, 0.15) is 24.2 Å². The van der Waals surface area contributed by atoms with Gasteiger partial charge in [0.15, 0.2) is 0 Å². The minimum Gasteiger partial charge on any atom is -0.468 e. The molecule has 0 saturated heterocycles. The van der Waals surface area contributed by atoms with Gasteiger partial charge in [-0.25, -0.2) is 13.2 Å². The van der Waals surface area contributed by atoms with Crippen LogP contribution in [0.3, 0.4) is 0 Å². The summed E-state index contributed by atoms with van der Waals surface area (Å²) in [6, 6.07) is 4.22. The number of rotatable bonds is 6. The lowest BCUT2D eigenvalue weighted by Gasteiger charge is -2.19. The molecule has 0 unspecified atom stereocenters. The molecule has 0 aliphatic heterocycles. The first-order valence-corrected chi connectivity index (χ1v) is 7.99. The molecular formula is C14H19NO6S. The van der Waals surface area contributed by atoms with Crippen LogP contribution in [0.5, 0.6) is 0 Å². The van der Waals surface area contributed by atoms with Crippen molar-refractivity contribution in [3.05, 3.63) is 29.8 Å². The monoisotopic (exact) mass is 329 g/mol. The van der Waals surface area contributed by atoms with Crippen LogP contribution in [0.2, 0.25) is 0 Å². The first-order chi connectivity index (χ1) is 10.2. The Morgan fingerprint density at radius 1 is 1.05 bits per heavy atom. The topological polar surface area (TPSA) is 98.8 Å². The summed E-state index contributed by atoms with van der Waals surface area (Å²) >= 11 is 0. The smallest absolute Gasteiger partial charge is 0.337 e. The Morgan fingerprint density at radius 3 is 2.00 bits per heavy atom. The summed E-state index contributed by atoms with van der Waals surface area (Å²) in [5.41, 5.74) is 0.231. The number of methoxy groups -OCH3 is 2. The van der Waals surface area contributed by atoms with Gasteiger partial charge in [0, 0.05) is 0 Å². The highest BCUT2D eigenvalue weighted by atomic mass is 32.2. The molecule has 0 spiro atoms. The van der Waals surface area contributed by atoms with Crippen molar-refractivity contribution in [1.29, 1.82) is 0 Å². The van der Waals surface area contributed by atoms with Gasteiger partial charge in [-0.1, -0.05) is 13.8 Å². The van der Waals surface area contributed by atoms with Gasteiger partial charge in [0.25, 0.3) is 0 Å². The molecule has 0 saturated carbocycles. The van der Waals surface area contributed by atoms with Gasteiger partial charge in [-0.3, -0.25) is 4.79 Å². The highest BCUT2D eigenvalue weighted by Crippen LogP contribution is 2.14. The van der Waals surface area contributed by atoms with Crippen LogP contribution in [-0.4, -0.2) is 40.6 Å². The zero-order valence-corrected chi connectivity index (χ0v) is 13.6. The summed E-state index contributed by atoms with van der Waals surface area (Å²) in [4.78, 5) is 22.9. The van der Waals surface area contributed by atoms with Crippen molar-refractivity contribution < 1.29 is 27.5 Å². The molecule has 0 aromatic heterocycles. The number of carbonyl (C=O) groups excluding carboxylic acids is 2. The van der Waals surface area contributed by atoms with Crippen molar-refractivity contribution in [2.24, 2.45) is 5.92 Å². The van der Waals surface area contributed by atoms with Crippen molar-refractivity contribution in [3.8, 4) is 0 Å². The zero-order chi connectivity index (χ0) is 16.9. The zero-order valence-electron chi connectivity index (χ0n) is 12.8. The Labute approximate surface area is 129 Å². The molecule has 1 N–H and O–H groups in total. The summed E-state index contributed by atoms with van der Waals surface area (Å²) in [5.74, 6) is -1.51. The quantitative estimate of drug-likeness (QED) is 0.780. The third kappa shape index (κ3) is 4.28. The standard InChI is InChI=1S/C14H19NO6S/c1-9(2)12(14(17)21-4)15-22(18,19)11-7-5-10(6-8-11)13(16)20-3/h5-9,12,15H,1-4H3/t12-/m1/s1. The molecule has 122 valence electrons. The first-order valence-electron chi connectivity index (χ1n) is 6.51. The van der Waals surface area contributed by atoms with E-state index in [1.54, 1.807) is 13.8 Å². The summed E-state index contributed by atoms with van der Waals surface area (Å²) < 4.78 is 36.0. The Kier molecular flexibility index (Phi) is 6.07. The SMILES string of the molecule is COC(=O)c1ccc(S(=O)(=O)N[C@@H](C(=O)OC)C(C)C)cc1. The minimum atomic E-state index is -3.91. The van der Waals surface area contributed by atoms with E-state index in [4.69, 9.17) is 0 Å². The average molecular weight is 329 g/mol. The first kappa shape index (κ1) is 18.1. The lowest BCUT2D eigenvalue weighted by atomic mass is 10.1. The summed E-state index contributed by atoms with van der Waals surface area (Å²) in [6.45, 7) is 3.40. The number of nitrogens with one attached hydrogen (secondary N) is 1. The average Bonchev–Trinajstić information content (AvgIpc) is 2.51. The molecule has 0 aliphatic rings. The van der Waals surface area contributed by atoms with Gasteiger partial charge in [-0.15, -0.1) is 0 Å². The van der Waals surface area contributed by atoms with Crippen LogP contribution in [0.25, 0.3) is 0 Å². The fourth-order valence-electron chi connectivity index (χ4n) is 1.71. The van der Waals surface area contributed by atoms with E-state index in [9.17, 15) is 18.0 Å². The third-order valence-electron chi connectivity index (χ3n) is 2.99. The summed E-state index contributed by atoms with van der Waals surface area (Å²) in [6.07, 6.45) is 0. The van der Waals surface area contributed by atoms with Crippen LogP contribution in [0.4, 0.5) is 0 Å². The molecule has 1 aromatic rings. The number of hydrogen-bond donors (Lipinski definition) is 1. The van der Waals surface area contributed by atoms with Gasteiger partial charge in [-0.05, 0) is 30.2 Å². The van der Waals surface area contributed by atoms with Crippen molar-refractivity contribution in [3.63, 3.8) is 0 Å². The van der Waals surface area contributed by atoms with E-state index in [-0.39, 0.29) is 16.4 Å². The predicted octanol–water partition coefficient (Wildman–Crippen LogP) is 0.949. The van der Waals surface area contributed by atoms with Gasteiger partial charge in [0.1, 0.15) is 6.04 Å². The van der Waals surface area contributed by atoms with E-state index >= 15 is 0 Å². The number of ether oxygens (including phenoxy) is 2. The molecule has 22 heavy (non-hydrogen) atoms. The van der Waals surface area contributed by atoms with Crippen molar-refractivity contribution in [2.45, 2.75) is 24.8 Å². The predicted molar refractivity (Wildman–Crippen MR) is 78.7 cm³/mol. The molecule has 8 heteroatoms. The molecule has 1 aromatic carbocycles. The van der Waals surface area contributed by atoms with Crippen LogP contribution in [-0.2, 0) is 24.3 Å². The second kappa shape index (κ2) is 7.37. The maximum Gasteiger partial charge on any atom is 0.337 e. The summed E-state index contributed by atoms with van der Waals surface area (Å²) in [7, 11) is -1.49. The number of carbonyl (C=O) groups is 2. The van der Waals surface area contributed by atoms with E-state index in [0.29, 0.717) is 0 Å². The van der Waals surface area contributed by atoms with Gasteiger partial charge in [-0.2, -0.15) is 4.72 Å². The highest BCUT2D eigenvalue weighted by Gasteiger charge is 2.29. The Hall–Kier alpha value is -1.93. The molecule has 1 rings (SSSR count). The molecule has 7 nitrogen and oxygen atoms in total. The van der Waals surface area contributed by atoms with E-state index in [1.165, 1.54) is 38.5 Å². The highest BCUT2D eigenvalue weighted by molar-refractivity contribution is 7.89. The van der Waals surface area contributed by atoms with Crippen molar-refractivity contribution in [2.75, 3.05) is 14.2 Å². The lowest BCUT2D eigenvalue weighted by Crippen LogP contribution is -2.44. The molecule has 0 amide bonds. The van der Waals surface area contributed by atoms with Gasteiger partial charge < -0.3 is 9.47 Å². The van der Waals surface area contributed by atoms with Gasteiger partial charge in [0.2, 0.25) is 10.0 Å². The van der Waals surface area contributed by atoms with Gasteiger partial charge in [0.05, 0.1) is 24.7 Å². The molecule has 0 fully saturated rings. The Bertz CT molecular complexity index is 636. The summed E-state index contributed by atoms with van der Waals surface area (Å²) in [5, 5.41) is 0. The second-order valence-electron chi connectivity index (χ2n) is 4.88. The van der Waals surface area contributed by atoms with Crippen LogP contribution >= 0.6 is 0 Å². The Balaban J connectivity index is 3.03. The van der Waals surface area contributed by atoms with E-state index in [1.807, 2.05) is 0 Å². The minimum absolute atomic E-state index is 0.0605. The number of hydrogen-bond acceptors (Lipinski definition) is 6. The Morgan fingerprint density at radius 2 is 1.59 bits per heavy atom. The molecule has 0 heterocycles. The van der Waals surface area contributed by atoms with E-state index < -0.39 is 28.0 Å². The fraction of sp³-hybridized carbons (Fsp3) is 0.429. The van der Waals surface area contributed by atoms with Crippen LogP contribution < -0.4 is 4.72 Å². The van der Waals surface area contributed by atoms with E-state index in [2.05, 4.69) is 14.2 Å². The number of esters is 2. The second-order valence-corrected chi connectivity index (χ2v) is 6.60. The van der Waals surface area contributed by atoms with Crippen LogP contribution in [0.15, 0.2) is 29.2 Å². The molecule has 1 atom stereocenters. The number of sulfonamides is 1. The molecular weight excluding hydrogens is 310 g/mol. The fourth-order valence-corrected chi connectivity index (χ4v) is 3.04. The van der Waals surface area contributed by atoms with Crippen molar-refractivity contribution in [1.82, 2.24) is 4.72 Å². The maximum atomic E-state index is 12.3. The molecule has 0 aliphatic carbocycles. The van der Waals surface area contributed by atoms with Gasteiger partial charge >= 0.3 is 11.9 Å².